The minimum Gasteiger partial charge on any atom is -0.420 e. The summed E-state index contributed by atoms with van der Waals surface area (Å²) in [4.78, 5) is 11.0. The van der Waals surface area contributed by atoms with Crippen molar-refractivity contribution in [1.82, 2.24) is 0 Å². The highest BCUT2D eigenvalue weighted by Gasteiger charge is 2.28. The number of hydrogen-bond acceptors (Lipinski definition) is 2. The van der Waals surface area contributed by atoms with Crippen molar-refractivity contribution in [3.8, 4) is 18.1 Å². The smallest absolute Gasteiger partial charge is 0.312 e. The molecule has 0 aliphatic carbocycles. The van der Waals surface area contributed by atoms with E-state index < -0.39 is 47.2 Å². The molecule has 0 N–H and O–H groups in total. The molecule has 0 aliphatic rings. The van der Waals surface area contributed by atoms with Gasteiger partial charge in [-0.3, -0.25) is 4.79 Å². The lowest BCUT2D eigenvalue weighted by atomic mass is 10.2. The molecule has 0 bridgehead atoms. The molecule has 0 amide bonds. The van der Waals surface area contributed by atoms with E-state index in [1.807, 2.05) is 5.92 Å². The molecule has 0 unspecified atom stereocenters. The molecule has 0 heterocycles. The average Bonchev–Trinajstić information content (AvgIpc) is 2.36. The van der Waals surface area contributed by atoms with Crippen molar-refractivity contribution >= 4 is 5.97 Å². The van der Waals surface area contributed by atoms with Gasteiger partial charge in [-0.15, -0.1) is 12.3 Å². The van der Waals surface area contributed by atoms with Crippen LogP contribution in [0.15, 0.2) is 0 Å². The van der Waals surface area contributed by atoms with Crippen molar-refractivity contribution in [3.63, 3.8) is 0 Å². The summed E-state index contributed by atoms with van der Waals surface area (Å²) in [6.07, 6.45) is 4.33. The molecule has 1 aromatic carbocycles. The number of hydrogen-bond donors (Lipinski definition) is 0. The molecule has 7 heteroatoms. The van der Waals surface area contributed by atoms with Crippen LogP contribution in [0.25, 0.3) is 0 Å². The van der Waals surface area contributed by atoms with Crippen molar-refractivity contribution in [1.29, 1.82) is 0 Å². The Bertz CT molecular complexity index is 504. The summed E-state index contributed by atoms with van der Waals surface area (Å²) in [6.45, 7) is 0. The Kier molecular flexibility index (Phi) is 4.26. The van der Waals surface area contributed by atoms with Crippen LogP contribution in [0.1, 0.15) is 12.8 Å². The number of carbonyl (C=O) groups excluding carboxylic acids is 1. The van der Waals surface area contributed by atoms with Crippen LogP contribution in [0, 0.1) is 41.4 Å². The minimum atomic E-state index is -2.33. The number of carbonyl (C=O) groups is 1. The van der Waals surface area contributed by atoms with Gasteiger partial charge in [0, 0.05) is 6.42 Å². The Morgan fingerprint density at radius 2 is 1.44 bits per heavy atom. The highest BCUT2D eigenvalue weighted by atomic mass is 19.2. The van der Waals surface area contributed by atoms with Crippen LogP contribution in [-0.4, -0.2) is 5.97 Å². The number of ether oxygens (including phenoxy) is 1. The van der Waals surface area contributed by atoms with Crippen LogP contribution in [0.3, 0.4) is 0 Å². The summed E-state index contributed by atoms with van der Waals surface area (Å²) in [5, 5.41) is 0. The van der Waals surface area contributed by atoms with Gasteiger partial charge in [0.25, 0.3) is 0 Å². The number of esters is 1. The molecule has 18 heavy (non-hydrogen) atoms. The first kappa shape index (κ1) is 14.0. The molecule has 0 fully saturated rings. The summed E-state index contributed by atoms with van der Waals surface area (Å²) >= 11 is 0. The number of terminal acetylenes is 1. The van der Waals surface area contributed by atoms with E-state index in [-0.39, 0.29) is 6.42 Å². The zero-order valence-corrected chi connectivity index (χ0v) is 8.70. The molecule has 1 rings (SSSR count). The van der Waals surface area contributed by atoms with Crippen LogP contribution in [-0.2, 0) is 4.79 Å². The van der Waals surface area contributed by atoms with Crippen molar-refractivity contribution < 1.29 is 31.5 Å². The topological polar surface area (TPSA) is 26.3 Å². The summed E-state index contributed by atoms with van der Waals surface area (Å²) in [5.74, 6) is -11.9. The van der Waals surface area contributed by atoms with Gasteiger partial charge in [-0.1, -0.05) is 0 Å². The fourth-order valence-corrected chi connectivity index (χ4v) is 1.01. The Labute approximate surface area is 98.4 Å². The van der Waals surface area contributed by atoms with E-state index in [4.69, 9.17) is 6.42 Å². The first-order chi connectivity index (χ1) is 8.40. The van der Waals surface area contributed by atoms with E-state index in [2.05, 4.69) is 4.74 Å². The summed E-state index contributed by atoms with van der Waals surface area (Å²) in [5.41, 5.74) is 0. The maximum atomic E-state index is 13.0. The second-order valence-corrected chi connectivity index (χ2v) is 3.08. The lowest BCUT2D eigenvalue weighted by Crippen LogP contribution is -2.13. The van der Waals surface area contributed by atoms with E-state index in [1.165, 1.54) is 0 Å². The molecule has 0 aliphatic heterocycles. The van der Waals surface area contributed by atoms with Crippen molar-refractivity contribution in [3.05, 3.63) is 29.1 Å². The van der Waals surface area contributed by atoms with Crippen molar-refractivity contribution in [2.24, 2.45) is 0 Å². The highest BCUT2D eigenvalue weighted by molar-refractivity contribution is 5.72. The Morgan fingerprint density at radius 3 is 1.89 bits per heavy atom. The summed E-state index contributed by atoms with van der Waals surface area (Å²) < 4.78 is 68.2. The van der Waals surface area contributed by atoms with Gasteiger partial charge in [0.1, 0.15) is 0 Å². The van der Waals surface area contributed by atoms with Gasteiger partial charge in [-0.2, -0.15) is 8.78 Å². The van der Waals surface area contributed by atoms with E-state index in [0.29, 0.717) is 0 Å². The Morgan fingerprint density at radius 1 is 1.00 bits per heavy atom. The quantitative estimate of drug-likeness (QED) is 0.209. The van der Waals surface area contributed by atoms with Gasteiger partial charge in [0.05, 0.1) is 6.42 Å². The van der Waals surface area contributed by atoms with Gasteiger partial charge in [0.2, 0.25) is 34.8 Å². The van der Waals surface area contributed by atoms with E-state index >= 15 is 0 Å². The number of halogens is 5. The molecule has 2 nitrogen and oxygen atoms in total. The molecular formula is C11H5F5O2. The largest absolute Gasteiger partial charge is 0.420 e. The molecule has 0 radical (unpaired) electrons. The predicted molar refractivity (Wildman–Crippen MR) is 49.9 cm³/mol. The average molecular weight is 264 g/mol. The second-order valence-electron chi connectivity index (χ2n) is 3.08. The lowest BCUT2D eigenvalue weighted by Gasteiger charge is -2.08. The SMILES string of the molecule is C#CCCC(=O)Oc1c(F)c(F)c(F)c(F)c1F. The van der Waals surface area contributed by atoms with Crippen LogP contribution in [0.5, 0.6) is 5.75 Å². The Hall–Kier alpha value is -2.10. The van der Waals surface area contributed by atoms with Crippen LogP contribution in [0.4, 0.5) is 22.0 Å². The lowest BCUT2D eigenvalue weighted by molar-refractivity contribution is -0.134. The van der Waals surface area contributed by atoms with Crippen LogP contribution in [0.2, 0.25) is 0 Å². The normalized spacial score (nSPS) is 10.0. The second kappa shape index (κ2) is 5.49. The van der Waals surface area contributed by atoms with Gasteiger partial charge < -0.3 is 4.74 Å². The number of rotatable bonds is 3. The van der Waals surface area contributed by atoms with Gasteiger partial charge in [0.15, 0.2) is 0 Å². The number of benzene rings is 1. The molecular weight excluding hydrogens is 259 g/mol. The van der Waals surface area contributed by atoms with Gasteiger partial charge >= 0.3 is 5.97 Å². The minimum absolute atomic E-state index is 0.0891. The monoisotopic (exact) mass is 264 g/mol. The molecule has 0 saturated carbocycles. The zero-order valence-electron chi connectivity index (χ0n) is 8.70. The van der Waals surface area contributed by atoms with Crippen LogP contribution < -0.4 is 4.74 Å². The maximum Gasteiger partial charge on any atom is 0.312 e. The standard InChI is InChI=1S/C11H5F5O2/c1-2-3-4-5(17)18-11-9(15)7(13)6(12)8(14)10(11)16/h1H,3-4H2. The van der Waals surface area contributed by atoms with Crippen LogP contribution >= 0.6 is 0 Å². The van der Waals surface area contributed by atoms with Crippen molar-refractivity contribution in [2.75, 3.05) is 0 Å². The summed E-state index contributed by atoms with van der Waals surface area (Å²) in [7, 11) is 0. The zero-order chi connectivity index (χ0) is 13.9. The molecule has 1 aromatic rings. The van der Waals surface area contributed by atoms with E-state index in [0.717, 1.165) is 0 Å². The molecule has 0 spiro atoms. The fraction of sp³-hybridized carbons (Fsp3) is 0.182. The Balaban J connectivity index is 3.11. The van der Waals surface area contributed by atoms with E-state index in [9.17, 15) is 26.7 Å². The fourth-order valence-electron chi connectivity index (χ4n) is 1.01. The molecule has 96 valence electrons. The van der Waals surface area contributed by atoms with Gasteiger partial charge in [-0.25, -0.2) is 13.2 Å². The van der Waals surface area contributed by atoms with Gasteiger partial charge in [-0.05, 0) is 0 Å². The van der Waals surface area contributed by atoms with E-state index in [1.54, 1.807) is 0 Å². The molecule has 0 atom stereocenters. The first-order valence-corrected chi connectivity index (χ1v) is 4.55. The third kappa shape index (κ3) is 2.59. The third-order valence-corrected chi connectivity index (χ3v) is 1.86. The molecule has 0 saturated heterocycles. The highest BCUT2D eigenvalue weighted by Crippen LogP contribution is 2.29. The van der Waals surface area contributed by atoms with Crippen molar-refractivity contribution in [2.45, 2.75) is 12.8 Å². The maximum absolute atomic E-state index is 13.0. The predicted octanol–water partition coefficient (Wildman–Crippen LogP) is 2.70. The first-order valence-electron chi connectivity index (χ1n) is 4.55. The third-order valence-electron chi connectivity index (χ3n) is 1.86. The summed E-state index contributed by atoms with van der Waals surface area (Å²) in [6, 6.07) is 0. The molecule has 0 aromatic heterocycles.